The number of nitrogens with one attached hydrogen (secondary N) is 1. The molecule has 3 rings (SSSR count). The highest BCUT2D eigenvalue weighted by Gasteiger charge is 2.25. The number of likely N-dealkylation sites (tertiary alicyclic amines) is 1. The van der Waals surface area contributed by atoms with Gasteiger partial charge in [-0.1, -0.05) is 30.3 Å². The summed E-state index contributed by atoms with van der Waals surface area (Å²) in [6.07, 6.45) is 2.97. The Labute approximate surface area is 163 Å². The van der Waals surface area contributed by atoms with Crippen LogP contribution >= 0.6 is 0 Å². The molecule has 0 bridgehead atoms. The number of hydrogen-bond donors (Lipinski definition) is 1. The highest BCUT2D eigenvalue weighted by Crippen LogP contribution is 2.18. The fourth-order valence-electron chi connectivity index (χ4n) is 3.20. The van der Waals surface area contributed by atoms with Crippen molar-refractivity contribution in [2.75, 3.05) is 19.7 Å². The molecule has 1 aliphatic rings. The van der Waals surface area contributed by atoms with Crippen LogP contribution in [0.15, 0.2) is 42.6 Å². The van der Waals surface area contributed by atoms with E-state index in [4.69, 9.17) is 4.74 Å². The molecule has 148 valence electrons. The van der Waals surface area contributed by atoms with Gasteiger partial charge in [0.1, 0.15) is 6.61 Å². The summed E-state index contributed by atoms with van der Waals surface area (Å²) in [4.78, 5) is 30.3. The molecule has 7 heteroatoms. The maximum absolute atomic E-state index is 13.8. The first-order valence-corrected chi connectivity index (χ1v) is 9.40. The summed E-state index contributed by atoms with van der Waals surface area (Å²) in [5.41, 5.74) is 1.86. The number of ether oxygens (including phenoxy) is 1. The molecule has 1 saturated heterocycles. The Morgan fingerprint density at radius 1 is 1.25 bits per heavy atom. The smallest absolute Gasteiger partial charge is 0.409 e. The van der Waals surface area contributed by atoms with E-state index in [1.54, 1.807) is 11.0 Å². The number of carbonyl (C=O) groups is 2. The number of amides is 2. The predicted octanol–water partition coefficient (Wildman–Crippen LogP) is 3.16. The van der Waals surface area contributed by atoms with Crippen LogP contribution in [0.3, 0.4) is 0 Å². The number of hydrogen-bond acceptors (Lipinski definition) is 4. The number of carbonyl (C=O) groups excluding carboxylic acids is 2. The van der Waals surface area contributed by atoms with E-state index in [1.807, 2.05) is 37.3 Å². The molecule has 1 aromatic heterocycles. The van der Waals surface area contributed by atoms with Gasteiger partial charge in [-0.05, 0) is 37.0 Å². The largest absolute Gasteiger partial charge is 0.448 e. The highest BCUT2D eigenvalue weighted by atomic mass is 19.1. The lowest BCUT2D eigenvalue weighted by atomic mass is 9.99. The molecule has 2 aromatic rings. The molecule has 1 aliphatic heterocycles. The zero-order valence-electron chi connectivity index (χ0n) is 15.9. The van der Waals surface area contributed by atoms with E-state index in [0.717, 1.165) is 24.0 Å². The van der Waals surface area contributed by atoms with Crippen LogP contribution in [0.5, 0.6) is 0 Å². The topological polar surface area (TPSA) is 71.5 Å². The molecule has 0 spiro atoms. The quantitative estimate of drug-likeness (QED) is 0.776. The van der Waals surface area contributed by atoms with Crippen molar-refractivity contribution in [3.63, 3.8) is 0 Å². The van der Waals surface area contributed by atoms with Gasteiger partial charge in [-0.15, -0.1) is 0 Å². The summed E-state index contributed by atoms with van der Waals surface area (Å²) in [7, 11) is 0. The molecule has 1 N–H and O–H groups in total. The second-order valence-electron chi connectivity index (χ2n) is 6.91. The van der Waals surface area contributed by atoms with Crippen molar-refractivity contribution in [3.05, 3.63) is 65.2 Å². The van der Waals surface area contributed by atoms with Gasteiger partial charge in [0.15, 0.2) is 0 Å². The number of halogens is 1. The van der Waals surface area contributed by atoms with E-state index in [1.165, 1.54) is 6.20 Å². The first kappa shape index (κ1) is 19.8. The van der Waals surface area contributed by atoms with Crippen molar-refractivity contribution in [2.24, 2.45) is 0 Å². The SMILES string of the molecule is Cc1cnc(F)c(CNC(=O)[C@@H](COC(=O)N2CCCC2)c2ccccc2)c1. The van der Waals surface area contributed by atoms with Crippen LogP contribution in [0.1, 0.15) is 35.4 Å². The molecule has 1 fully saturated rings. The molecule has 2 amide bonds. The maximum atomic E-state index is 13.8. The molecule has 0 radical (unpaired) electrons. The summed E-state index contributed by atoms with van der Waals surface area (Å²) in [6.45, 7) is 3.12. The third kappa shape index (κ3) is 5.06. The Bertz CT molecular complexity index is 823. The Hall–Kier alpha value is -2.96. The van der Waals surface area contributed by atoms with Crippen LogP contribution in [0.2, 0.25) is 0 Å². The van der Waals surface area contributed by atoms with E-state index in [2.05, 4.69) is 10.3 Å². The van der Waals surface area contributed by atoms with Crippen LogP contribution in [-0.4, -0.2) is 41.6 Å². The number of rotatable bonds is 6. The molecule has 0 saturated carbocycles. The van der Waals surface area contributed by atoms with E-state index < -0.39 is 18.0 Å². The number of nitrogens with zero attached hydrogens (tertiary/aromatic N) is 2. The van der Waals surface area contributed by atoms with E-state index in [0.29, 0.717) is 18.7 Å². The molecule has 0 unspecified atom stereocenters. The van der Waals surface area contributed by atoms with Gasteiger partial charge in [-0.3, -0.25) is 4.79 Å². The van der Waals surface area contributed by atoms with Crippen molar-refractivity contribution in [1.82, 2.24) is 15.2 Å². The van der Waals surface area contributed by atoms with Gasteiger partial charge in [0.2, 0.25) is 11.9 Å². The predicted molar refractivity (Wildman–Crippen MR) is 102 cm³/mol. The summed E-state index contributed by atoms with van der Waals surface area (Å²) >= 11 is 0. The molecular weight excluding hydrogens is 361 g/mol. The van der Waals surface area contributed by atoms with Gasteiger partial charge >= 0.3 is 6.09 Å². The van der Waals surface area contributed by atoms with Crippen LogP contribution in [0.25, 0.3) is 0 Å². The Balaban J connectivity index is 1.66. The summed E-state index contributed by atoms with van der Waals surface area (Å²) in [5, 5.41) is 2.74. The zero-order chi connectivity index (χ0) is 19.9. The Morgan fingerprint density at radius 2 is 1.96 bits per heavy atom. The molecule has 0 aliphatic carbocycles. The van der Waals surface area contributed by atoms with Crippen molar-refractivity contribution in [1.29, 1.82) is 0 Å². The monoisotopic (exact) mass is 385 g/mol. The molecule has 6 nitrogen and oxygen atoms in total. The van der Waals surface area contributed by atoms with E-state index in [-0.39, 0.29) is 19.1 Å². The normalized spacial score (nSPS) is 14.6. The van der Waals surface area contributed by atoms with Crippen molar-refractivity contribution < 1.29 is 18.7 Å². The maximum Gasteiger partial charge on any atom is 0.409 e. The van der Waals surface area contributed by atoms with Gasteiger partial charge < -0.3 is 15.0 Å². The van der Waals surface area contributed by atoms with E-state index in [9.17, 15) is 14.0 Å². The van der Waals surface area contributed by atoms with Gasteiger partial charge in [0, 0.05) is 31.4 Å². The van der Waals surface area contributed by atoms with Crippen LogP contribution in [-0.2, 0) is 16.1 Å². The minimum absolute atomic E-state index is 0.0166. The van der Waals surface area contributed by atoms with Gasteiger partial charge in [-0.25, -0.2) is 9.78 Å². The van der Waals surface area contributed by atoms with Crippen molar-refractivity contribution in [3.8, 4) is 0 Å². The first-order chi connectivity index (χ1) is 13.5. The van der Waals surface area contributed by atoms with Crippen LogP contribution < -0.4 is 5.32 Å². The number of aromatic nitrogens is 1. The fraction of sp³-hybridized carbons (Fsp3) is 0.381. The lowest BCUT2D eigenvalue weighted by molar-refractivity contribution is -0.123. The molecular formula is C21H24FN3O3. The number of aryl methyl sites for hydroxylation is 1. The molecule has 28 heavy (non-hydrogen) atoms. The summed E-state index contributed by atoms with van der Waals surface area (Å²) in [5.74, 6) is -1.61. The second kappa shape index (κ2) is 9.30. The molecule has 2 heterocycles. The second-order valence-corrected chi connectivity index (χ2v) is 6.91. The van der Waals surface area contributed by atoms with Gasteiger partial charge in [-0.2, -0.15) is 4.39 Å². The fourth-order valence-corrected chi connectivity index (χ4v) is 3.20. The summed E-state index contributed by atoms with van der Waals surface area (Å²) in [6, 6.07) is 10.8. The Kier molecular flexibility index (Phi) is 6.57. The number of pyridine rings is 1. The van der Waals surface area contributed by atoms with E-state index >= 15 is 0 Å². The lowest BCUT2D eigenvalue weighted by Crippen LogP contribution is -2.35. The third-order valence-corrected chi connectivity index (χ3v) is 4.76. The van der Waals surface area contributed by atoms with Crippen LogP contribution in [0, 0.1) is 12.9 Å². The minimum Gasteiger partial charge on any atom is -0.448 e. The average Bonchev–Trinajstić information content (AvgIpc) is 3.24. The lowest BCUT2D eigenvalue weighted by Gasteiger charge is -2.20. The standard InChI is InChI=1S/C21H24FN3O3/c1-15-11-17(19(22)23-12-15)13-24-20(26)18(16-7-3-2-4-8-16)14-28-21(27)25-9-5-6-10-25/h2-4,7-8,11-12,18H,5-6,9-10,13-14H2,1H3,(H,24,26)/t18-/m0/s1. The van der Waals surface area contributed by atoms with Crippen molar-refractivity contribution in [2.45, 2.75) is 32.2 Å². The van der Waals surface area contributed by atoms with Gasteiger partial charge in [0.05, 0.1) is 5.92 Å². The van der Waals surface area contributed by atoms with Crippen molar-refractivity contribution >= 4 is 12.0 Å². The first-order valence-electron chi connectivity index (χ1n) is 9.40. The molecule has 1 atom stereocenters. The van der Waals surface area contributed by atoms with Gasteiger partial charge in [0.25, 0.3) is 0 Å². The zero-order valence-corrected chi connectivity index (χ0v) is 15.9. The minimum atomic E-state index is -0.673. The average molecular weight is 385 g/mol. The summed E-state index contributed by atoms with van der Waals surface area (Å²) < 4.78 is 19.2. The Morgan fingerprint density at radius 3 is 2.68 bits per heavy atom. The highest BCUT2D eigenvalue weighted by molar-refractivity contribution is 5.84. The number of benzene rings is 1. The third-order valence-electron chi connectivity index (χ3n) is 4.76. The molecule has 1 aromatic carbocycles. The van der Waals surface area contributed by atoms with Crippen LogP contribution in [0.4, 0.5) is 9.18 Å².